The van der Waals surface area contributed by atoms with Crippen LogP contribution >= 0.6 is 0 Å². The van der Waals surface area contributed by atoms with Crippen molar-refractivity contribution in [2.45, 2.75) is 44.3 Å². The first-order valence-corrected chi connectivity index (χ1v) is 9.20. The third kappa shape index (κ3) is 3.27. The molecule has 0 aliphatic heterocycles. The summed E-state index contributed by atoms with van der Waals surface area (Å²) in [5.74, 6) is -0.152. The van der Waals surface area contributed by atoms with E-state index < -0.39 is 11.7 Å². The zero-order valence-corrected chi connectivity index (χ0v) is 15.3. The molecule has 0 radical (unpaired) electrons. The number of carbonyl (C=O) groups excluding carboxylic acids is 1. The second kappa shape index (κ2) is 6.29. The normalized spacial score (nSPS) is 26.8. The Morgan fingerprint density at radius 3 is 2.43 bits per heavy atom. The average Bonchev–Trinajstić information content (AvgIpc) is 2.58. The molecule has 148 valence electrons. The van der Waals surface area contributed by atoms with Crippen molar-refractivity contribution in [3.63, 3.8) is 0 Å². The zero-order valence-electron chi connectivity index (χ0n) is 15.3. The van der Waals surface area contributed by atoms with Crippen LogP contribution in [0.4, 0.5) is 23.4 Å². The highest BCUT2D eigenvalue weighted by Gasteiger charge is 2.70. The maximum atomic E-state index is 13.0. The van der Waals surface area contributed by atoms with Crippen molar-refractivity contribution < 1.29 is 22.4 Å². The highest BCUT2D eigenvalue weighted by molar-refractivity contribution is 5.84. The zero-order chi connectivity index (χ0) is 20.2. The van der Waals surface area contributed by atoms with Gasteiger partial charge in [0.2, 0.25) is 0 Å². The summed E-state index contributed by atoms with van der Waals surface area (Å²) in [5, 5.41) is 3.14. The van der Waals surface area contributed by atoms with Crippen LogP contribution in [0.5, 0.6) is 0 Å². The van der Waals surface area contributed by atoms with Gasteiger partial charge >= 0.3 is 6.18 Å². The number of alkyl halides is 3. The van der Waals surface area contributed by atoms with Crippen LogP contribution in [0.3, 0.4) is 0 Å². The van der Waals surface area contributed by atoms with E-state index in [0.717, 1.165) is 43.2 Å². The molecule has 1 atom stereocenters. The molecular weight excluding hydrogens is 372 g/mol. The van der Waals surface area contributed by atoms with Gasteiger partial charge < -0.3 is 5.32 Å². The number of halogens is 4. The summed E-state index contributed by atoms with van der Waals surface area (Å²) < 4.78 is 51.5. The Morgan fingerprint density at radius 1 is 1.18 bits per heavy atom. The fraction of sp³-hybridized carbons (Fsp3) is 0.429. The molecule has 3 aliphatic rings. The van der Waals surface area contributed by atoms with Crippen LogP contribution in [0.15, 0.2) is 42.6 Å². The quantitative estimate of drug-likeness (QED) is 0.702. The van der Waals surface area contributed by atoms with Crippen LogP contribution in [-0.4, -0.2) is 16.3 Å². The molecule has 2 bridgehead atoms. The first-order valence-electron chi connectivity index (χ1n) is 9.20. The van der Waals surface area contributed by atoms with Gasteiger partial charge in [0.1, 0.15) is 17.4 Å². The molecule has 0 spiro atoms. The van der Waals surface area contributed by atoms with Crippen LogP contribution in [0, 0.1) is 17.2 Å². The minimum absolute atomic E-state index is 0.0915. The van der Waals surface area contributed by atoms with Gasteiger partial charge in [-0.25, -0.2) is 9.37 Å². The van der Waals surface area contributed by atoms with Crippen molar-refractivity contribution in [3.05, 3.63) is 59.5 Å². The Balaban J connectivity index is 1.36. The standard InChI is InChI=1S/C21H20F4N2O/c1-13(17(28)8-14-2-4-16(22)5-3-14)19-10-20(11-19,12-19)27-18-9-15(6-7-26-18)21(23,24)25/h2-7,9,13H,8,10-12H2,1H3,(H,26,27). The molecule has 1 aromatic heterocycles. The third-order valence-corrected chi connectivity index (χ3v) is 6.24. The minimum atomic E-state index is -4.40. The number of nitrogens with one attached hydrogen (secondary N) is 1. The van der Waals surface area contributed by atoms with E-state index in [2.05, 4.69) is 10.3 Å². The molecule has 1 N–H and O–H groups in total. The van der Waals surface area contributed by atoms with Gasteiger partial charge in [-0.1, -0.05) is 19.1 Å². The summed E-state index contributed by atoms with van der Waals surface area (Å²) in [6.07, 6.45) is -0.752. The second-order valence-corrected chi connectivity index (χ2v) is 8.22. The van der Waals surface area contributed by atoms with E-state index in [-0.39, 0.29) is 40.7 Å². The summed E-state index contributed by atoms with van der Waals surface area (Å²) in [4.78, 5) is 16.6. The lowest BCUT2D eigenvalue weighted by molar-refractivity contribution is -0.167. The predicted molar refractivity (Wildman–Crippen MR) is 96.2 cm³/mol. The van der Waals surface area contributed by atoms with Gasteiger partial charge in [-0.05, 0) is 54.5 Å². The number of pyridine rings is 1. The number of ketones is 1. The summed E-state index contributed by atoms with van der Waals surface area (Å²) in [6.45, 7) is 1.91. The molecule has 2 aromatic rings. The van der Waals surface area contributed by atoms with Crippen molar-refractivity contribution in [1.29, 1.82) is 0 Å². The first-order chi connectivity index (χ1) is 13.1. The van der Waals surface area contributed by atoms with E-state index in [1.54, 1.807) is 12.1 Å². The lowest BCUT2D eigenvalue weighted by Gasteiger charge is -2.72. The molecule has 28 heavy (non-hydrogen) atoms. The van der Waals surface area contributed by atoms with Crippen molar-refractivity contribution in [2.24, 2.45) is 11.3 Å². The van der Waals surface area contributed by atoms with Crippen LogP contribution < -0.4 is 5.32 Å². The summed E-state index contributed by atoms with van der Waals surface area (Å²) >= 11 is 0. The van der Waals surface area contributed by atoms with Crippen LogP contribution in [0.2, 0.25) is 0 Å². The topological polar surface area (TPSA) is 42.0 Å². The number of hydrogen-bond donors (Lipinski definition) is 1. The summed E-state index contributed by atoms with van der Waals surface area (Å²) in [7, 11) is 0. The van der Waals surface area contributed by atoms with Crippen LogP contribution in [0.25, 0.3) is 0 Å². The first kappa shape index (κ1) is 18.9. The lowest BCUT2D eigenvalue weighted by Crippen LogP contribution is -2.73. The van der Waals surface area contributed by atoms with E-state index in [1.165, 1.54) is 12.1 Å². The van der Waals surface area contributed by atoms with Crippen LogP contribution in [0.1, 0.15) is 37.3 Å². The number of aromatic nitrogens is 1. The fourth-order valence-corrected chi connectivity index (χ4v) is 4.70. The maximum Gasteiger partial charge on any atom is 0.416 e. The molecule has 3 aliphatic carbocycles. The Hall–Kier alpha value is -2.44. The SMILES string of the molecule is CC(C(=O)Cc1ccc(F)cc1)C12CC(Nc3cc(C(F)(F)F)ccn3)(C1)C2. The molecule has 0 saturated heterocycles. The van der Waals surface area contributed by atoms with Gasteiger partial charge in [0.05, 0.1) is 5.56 Å². The van der Waals surface area contributed by atoms with Gasteiger partial charge in [0.25, 0.3) is 0 Å². The lowest BCUT2D eigenvalue weighted by atomic mass is 9.35. The number of benzene rings is 1. The van der Waals surface area contributed by atoms with E-state index in [0.29, 0.717) is 0 Å². The summed E-state index contributed by atoms with van der Waals surface area (Å²) in [6, 6.07) is 7.89. The number of hydrogen-bond acceptors (Lipinski definition) is 3. The van der Waals surface area contributed by atoms with Gasteiger partial charge in [0.15, 0.2) is 0 Å². The predicted octanol–water partition coefficient (Wildman–Crippen LogP) is 5.02. The van der Waals surface area contributed by atoms with Gasteiger partial charge in [-0.2, -0.15) is 13.2 Å². The van der Waals surface area contributed by atoms with Gasteiger partial charge in [-0.3, -0.25) is 4.79 Å². The molecule has 0 amide bonds. The largest absolute Gasteiger partial charge is 0.416 e. The highest BCUT2D eigenvalue weighted by atomic mass is 19.4. The number of anilines is 1. The van der Waals surface area contributed by atoms with Crippen LogP contribution in [-0.2, 0) is 17.4 Å². The van der Waals surface area contributed by atoms with Crippen molar-refractivity contribution in [3.8, 4) is 0 Å². The molecular formula is C21H20F4N2O. The molecule has 1 heterocycles. The Labute approximate surface area is 160 Å². The minimum Gasteiger partial charge on any atom is -0.365 e. The second-order valence-electron chi connectivity index (χ2n) is 8.22. The maximum absolute atomic E-state index is 13.0. The molecule has 1 unspecified atom stereocenters. The monoisotopic (exact) mass is 392 g/mol. The number of Topliss-reactive ketones (excluding diaryl/α,β-unsaturated/α-hetero) is 1. The smallest absolute Gasteiger partial charge is 0.365 e. The van der Waals surface area contributed by atoms with Gasteiger partial charge in [-0.15, -0.1) is 0 Å². The van der Waals surface area contributed by atoms with E-state index in [1.807, 2.05) is 6.92 Å². The van der Waals surface area contributed by atoms with Crippen molar-refractivity contribution in [1.82, 2.24) is 4.98 Å². The van der Waals surface area contributed by atoms with Crippen molar-refractivity contribution >= 4 is 11.6 Å². The molecule has 3 nitrogen and oxygen atoms in total. The molecule has 5 rings (SSSR count). The van der Waals surface area contributed by atoms with E-state index in [9.17, 15) is 22.4 Å². The molecule has 3 saturated carbocycles. The third-order valence-electron chi connectivity index (χ3n) is 6.24. The number of carbonyl (C=O) groups is 1. The Morgan fingerprint density at radius 2 is 1.82 bits per heavy atom. The summed E-state index contributed by atoms with van der Waals surface area (Å²) in [5.41, 5.74) is -0.298. The number of nitrogens with zero attached hydrogens (tertiary/aromatic N) is 1. The molecule has 3 fully saturated rings. The van der Waals surface area contributed by atoms with E-state index >= 15 is 0 Å². The van der Waals surface area contributed by atoms with Crippen molar-refractivity contribution in [2.75, 3.05) is 5.32 Å². The molecule has 7 heteroatoms. The fourth-order valence-electron chi connectivity index (χ4n) is 4.70. The van der Waals surface area contributed by atoms with Gasteiger partial charge in [0, 0.05) is 24.1 Å². The Kier molecular flexibility index (Phi) is 4.25. The van der Waals surface area contributed by atoms with E-state index in [4.69, 9.17) is 0 Å². The molecule has 1 aromatic carbocycles. The number of rotatable bonds is 6. The highest BCUT2D eigenvalue weighted by Crippen LogP contribution is 2.71. The average molecular weight is 392 g/mol. The Bertz CT molecular complexity index is 888.